The first-order valence-electron chi connectivity index (χ1n) is 10.8. The Bertz CT molecular complexity index is 898. The number of benzene rings is 2. The number of carbonyl (C=O) groups is 2. The van der Waals surface area contributed by atoms with E-state index in [1.807, 2.05) is 17.0 Å². The van der Waals surface area contributed by atoms with Crippen LogP contribution >= 0.6 is 11.6 Å². The molecular formula is C25H31ClN2O3. The molecule has 166 valence electrons. The molecule has 1 aliphatic heterocycles. The highest BCUT2D eigenvalue weighted by atomic mass is 35.5. The Kier molecular flexibility index (Phi) is 7.60. The van der Waals surface area contributed by atoms with Crippen LogP contribution in [-0.4, -0.2) is 54.4 Å². The number of halogens is 1. The summed E-state index contributed by atoms with van der Waals surface area (Å²) in [6.45, 7) is 9.24. The van der Waals surface area contributed by atoms with Crippen molar-refractivity contribution in [1.82, 2.24) is 9.80 Å². The number of ether oxygens (including phenoxy) is 1. The molecule has 0 bridgehead atoms. The summed E-state index contributed by atoms with van der Waals surface area (Å²) in [5.74, 6) is 0.899. The molecule has 2 amide bonds. The standard InChI is InChI=1S/C25H31ClN2O3/c1-25(2,3)20-9-11-22(12-10-20)31-17-5-8-23(29)27-13-15-28(16-14-27)24(30)19-6-4-7-21(26)18-19/h4,6-7,9-12,18H,5,8,13-17H2,1-3H3. The topological polar surface area (TPSA) is 49.9 Å². The summed E-state index contributed by atoms with van der Waals surface area (Å²) in [7, 11) is 0. The minimum atomic E-state index is -0.0412. The molecule has 1 aliphatic rings. The summed E-state index contributed by atoms with van der Waals surface area (Å²) < 4.78 is 5.78. The van der Waals surface area contributed by atoms with Crippen LogP contribution < -0.4 is 4.74 Å². The van der Waals surface area contributed by atoms with Gasteiger partial charge in [0.25, 0.3) is 5.91 Å². The molecule has 0 radical (unpaired) electrons. The summed E-state index contributed by atoms with van der Waals surface area (Å²) in [5.41, 5.74) is 1.97. The Labute approximate surface area is 189 Å². The molecule has 0 spiro atoms. The number of rotatable bonds is 6. The van der Waals surface area contributed by atoms with Gasteiger partial charge in [-0.1, -0.05) is 50.6 Å². The normalized spacial score (nSPS) is 14.5. The monoisotopic (exact) mass is 442 g/mol. The van der Waals surface area contributed by atoms with Gasteiger partial charge in [0.2, 0.25) is 5.91 Å². The molecule has 2 aromatic carbocycles. The molecule has 0 saturated carbocycles. The van der Waals surface area contributed by atoms with Gasteiger partial charge in [-0.2, -0.15) is 0 Å². The van der Waals surface area contributed by atoms with Gasteiger partial charge < -0.3 is 14.5 Å². The first-order valence-corrected chi connectivity index (χ1v) is 11.2. The molecule has 0 atom stereocenters. The van der Waals surface area contributed by atoms with Gasteiger partial charge in [-0.05, 0) is 47.7 Å². The van der Waals surface area contributed by atoms with Crippen molar-refractivity contribution in [3.8, 4) is 5.75 Å². The zero-order valence-corrected chi connectivity index (χ0v) is 19.3. The fourth-order valence-corrected chi connectivity index (χ4v) is 3.78. The van der Waals surface area contributed by atoms with E-state index in [0.717, 1.165) is 5.75 Å². The van der Waals surface area contributed by atoms with Crippen molar-refractivity contribution in [1.29, 1.82) is 0 Å². The first kappa shape index (κ1) is 23.1. The number of carbonyl (C=O) groups excluding carboxylic acids is 2. The molecular weight excluding hydrogens is 412 g/mol. The summed E-state index contributed by atoms with van der Waals surface area (Å²) in [5, 5.41) is 0.548. The second kappa shape index (κ2) is 10.2. The van der Waals surface area contributed by atoms with Crippen molar-refractivity contribution >= 4 is 23.4 Å². The lowest BCUT2D eigenvalue weighted by atomic mass is 9.87. The maximum Gasteiger partial charge on any atom is 0.254 e. The van der Waals surface area contributed by atoms with E-state index >= 15 is 0 Å². The zero-order chi connectivity index (χ0) is 22.4. The average molecular weight is 443 g/mol. The lowest BCUT2D eigenvalue weighted by Crippen LogP contribution is -2.50. The Morgan fingerprint density at radius 1 is 0.968 bits per heavy atom. The molecule has 1 heterocycles. The number of piperazine rings is 1. The molecule has 6 heteroatoms. The Balaban J connectivity index is 1.38. The first-order chi connectivity index (χ1) is 14.7. The van der Waals surface area contributed by atoms with E-state index in [2.05, 4.69) is 32.9 Å². The molecule has 3 rings (SSSR count). The van der Waals surface area contributed by atoms with E-state index in [0.29, 0.717) is 56.2 Å². The predicted molar refractivity (Wildman–Crippen MR) is 124 cm³/mol. The SMILES string of the molecule is CC(C)(C)c1ccc(OCCCC(=O)N2CCN(C(=O)c3cccc(Cl)c3)CC2)cc1. The van der Waals surface area contributed by atoms with E-state index in [1.54, 1.807) is 29.2 Å². The summed E-state index contributed by atoms with van der Waals surface area (Å²) >= 11 is 5.98. The maximum absolute atomic E-state index is 12.6. The highest BCUT2D eigenvalue weighted by molar-refractivity contribution is 6.30. The number of nitrogens with zero attached hydrogens (tertiary/aromatic N) is 2. The summed E-state index contributed by atoms with van der Waals surface area (Å²) in [4.78, 5) is 28.7. The fraction of sp³-hybridized carbons (Fsp3) is 0.440. The van der Waals surface area contributed by atoms with Crippen LogP contribution in [0.5, 0.6) is 5.75 Å². The largest absolute Gasteiger partial charge is 0.494 e. The Hall–Kier alpha value is -2.53. The number of hydrogen-bond acceptors (Lipinski definition) is 3. The van der Waals surface area contributed by atoms with Crippen molar-refractivity contribution in [2.45, 2.75) is 39.0 Å². The molecule has 5 nitrogen and oxygen atoms in total. The number of hydrogen-bond donors (Lipinski definition) is 0. The lowest BCUT2D eigenvalue weighted by Gasteiger charge is -2.35. The zero-order valence-electron chi connectivity index (χ0n) is 18.6. The third-order valence-corrected chi connectivity index (χ3v) is 5.75. The second-order valence-electron chi connectivity index (χ2n) is 8.91. The van der Waals surface area contributed by atoms with Crippen molar-refractivity contribution in [2.75, 3.05) is 32.8 Å². The molecule has 31 heavy (non-hydrogen) atoms. The molecule has 1 fully saturated rings. The molecule has 0 aliphatic carbocycles. The van der Waals surface area contributed by atoms with Crippen LogP contribution in [0, 0.1) is 0 Å². The Morgan fingerprint density at radius 2 is 1.61 bits per heavy atom. The van der Waals surface area contributed by atoms with Crippen LogP contribution in [0.3, 0.4) is 0 Å². The van der Waals surface area contributed by atoms with E-state index in [-0.39, 0.29) is 17.2 Å². The van der Waals surface area contributed by atoms with Gasteiger partial charge in [-0.25, -0.2) is 0 Å². The second-order valence-corrected chi connectivity index (χ2v) is 9.35. The van der Waals surface area contributed by atoms with E-state index in [1.165, 1.54) is 5.56 Å². The molecule has 1 saturated heterocycles. The molecule has 0 aromatic heterocycles. The van der Waals surface area contributed by atoms with Crippen LogP contribution in [0.25, 0.3) is 0 Å². The van der Waals surface area contributed by atoms with Crippen molar-refractivity contribution in [3.05, 3.63) is 64.7 Å². The minimum absolute atomic E-state index is 0.0412. The molecule has 0 N–H and O–H groups in total. The molecule has 2 aromatic rings. The van der Waals surface area contributed by atoms with Gasteiger partial charge >= 0.3 is 0 Å². The average Bonchev–Trinajstić information content (AvgIpc) is 2.76. The minimum Gasteiger partial charge on any atom is -0.494 e. The summed E-state index contributed by atoms with van der Waals surface area (Å²) in [6, 6.07) is 15.1. The predicted octanol–water partition coefficient (Wildman–Crippen LogP) is 4.78. The Morgan fingerprint density at radius 3 is 2.23 bits per heavy atom. The lowest BCUT2D eigenvalue weighted by molar-refractivity contribution is -0.132. The fourth-order valence-electron chi connectivity index (χ4n) is 3.59. The smallest absolute Gasteiger partial charge is 0.254 e. The highest BCUT2D eigenvalue weighted by Crippen LogP contribution is 2.24. The van der Waals surface area contributed by atoms with Gasteiger partial charge in [0, 0.05) is 43.2 Å². The van der Waals surface area contributed by atoms with Crippen LogP contribution in [-0.2, 0) is 10.2 Å². The maximum atomic E-state index is 12.6. The van der Waals surface area contributed by atoms with Gasteiger partial charge in [-0.15, -0.1) is 0 Å². The quantitative estimate of drug-likeness (QED) is 0.605. The highest BCUT2D eigenvalue weighted by Gasteiger charge is 2.24. The van der Waals surface area contributed by atoms with Crippen LogP contribution in [0.15, 0.2) is 48.5 Å². The molecule has 0 unspecified atom stereocenters. The third kappa shape index (κ3) is 6.47. The van der Waals surface area contributed by atoms with E-state index < -0.39 is 0 Å². The number of amides is 2. The van der Waals surface area contributed by atoms with Gasteiger partial charge in [0.1, 0.15) is 5.75 Å². The van der Waals surface area contributed by atoms with Crippen LogP contribution in [0.1, 0.15) is 49.5 Å². The van der Waals surface area contributed by atoms with Gasteiger partial charge in [0.05, 0.1) is 6.61 Å². The van der Waals surface area contributed by atoms with Crippen molar-refractivity contribution < 1.29 is 14.3 Å². The van der Waals surface area contributed by atoms with Crippen molar-refractivity contribution in [2.24, 2.45) is 0 Å². The van der Waals surface area contributed by atoms with Crippen LogP contribution in [0.2, 0.25) is 5.02 Å². The van der Waals surface area contributed by atoms with E-state index in [4.69, 9.17) is 16.3 Å². The van der Waals surface area contributed by atoms with Crippen LogP contribution in [0.4, 0.5) is 0 Å². The van der Waals surface area contributed by atoms with Gasteiger partial charge in [-0.3, -0.25) is 9.59 Å². The third-order valence-electron chi connectivity index (χ3n) is 5.52. The van der Waals surface area contributed by atoms with Crippen molar-refractivity contribution in [3.63, 3.8) is 0 Å². The van der Waals surface area contributed by atoms with E-state index in [9.17, 15) is 9.59 Å². The summed E-state index contributed by atoms with van der Waals surface area (Å²) in [6.07, 6.45) is 1.11. The van der Waals surface area contributed by atoms with Gasteiger partial charge in [0.15, 0.2) is 0 Å².